The smallest absolute Gasteiger partial charge is 0.272 e. The number of hydrogen-bond acceptors (Lipinski definition) is 2. The molecular formula is C10H12FN3OS. The third-order valence-electron chi connectivity index (χ3n) is 1.75. The average Bonchev–Trinajstić information content (AvgIpc) is 2.27. The van der Waals surface area contributed by atoms with Gasteiger partial charge in [-0.2, -0.15) is 0 Å². The lowest BCUT2D eigenvalue weighted by Crippen LogP contribution is -2.46. The van der Waals surface area contributed by atoms with Crippen molar-refractivity contribution in [2.45, 2.75) is 6.92 Å². The first kappa shape index (κ1) is 12.4. The zero-order valence-electron chi connectivity index (χ0n) is 8.71. The van der Waals surface area contributed by atoms with Gasteiger partial charge in [0, 0.05) is 6.54 Å². The Labute approximate surface area is 98.2 Å². The third kappa shape index (κ3) is 3.47. The molecule has 0 radical (unpaired) electrons. The van der Waals surface area contributed by atoms with Gasteiger partial charge in [0.25, 0.3) is 5.91 Å². The van der Waals surface area contributed by atoms with Gasteiger partial charge in [0.1, 0.15) is 5.82 Å². The van der Waals surface area contributed by atoms with E-state index in [1.54, 1.807) is 6.07 Å². The Kier molecular flexibility index (Phi) is 4.65. The van der Waals surface area contributed by atoms with Crippen molar-refractivity contribution in [1.29, 1.82) is 0 Å². The van der Waals surface area contributed by atoms with Crippen LogP contribution in [-0.2, 0) is 0 Å². The van der Waals surface area contributed by atoms with Gasteiger partial charge in [0.2, 0.25) is 0 Å². The van der Waals surface area contributed by atoms with E-state index in [9.17, 15) is 9.18 Å². The molecule has 0 spiro atoms. The molecule has 1 aromatic carbocycles. The fraction of sp³-hybridized carbons (Fsp3) is 0.200. The van der Waals surface area contributed by atoms with Crippen molar-refractivity contribution in [3.05, 3.63) is 35.6 Å². The van der Waals surface area contributed by atoms with Crippen LogP contribution in [0.2, 0.25) is 0 Å². The summed E-state index contributed by atoms with van der Waals surface area (Å²) in [7, 11) is 0. The Bertz CT molecular complexity index is 397. The predicted molar refractivity (Wildman–Crippen MR) is 63.3 cm³/mol. The van der Waals surface area contributed by atoms with Crippen molar-refractivity contribution in [1.82, 2.24) is 16.2 Å². The molecule has 0 atom stereocenters. The van der Waals surface area contributed by atoms with E-state index >= 15 is 0 Å². The van der Waals surface area contributed by atoms with Gasteiger partial charge in [0.15, 0.2) is 5.11 Å². The normalized spacial score (nSPS) is 9.38. The Morgan fingerprint density at radius 1 is 1.38 bits per heavy atom. The number of hydrazine groups is 1. The summed E-state index contributed by atoms with van der Waals surface area (Å²) in [4.78, 5) is 11.5. The van der Waals surface area contributed by atoms with Gasteiger partial charge in [0.05, 0.1) is 5.56 Å². The van der Waals surface area contributed by atoms with E-state index in [4.69, 9.17) is 12.2 Å². The van der Waals surface area contributed by atoms with Crippen molar-refractivity contribution < 1.29 is 9.18 Å². The molecule has 4 nitrogen and oxygen atoms in total. The molecule has 3 N–H and O–H groups in total. The first-order valence-corrected chi connectivity index (χ1v) is 5.14. The molecule has 6 heteroatoms. The molecule has 0 aliphatic heterocycles. The minimum absolute atomic E-state index is 0.0331. The first-order valence-electron chi connectivity index (χ1n) is 4.74. The fourth-order valence-electron chi connectivity index (χ4n) is 1.03. The molecule has 16 heavy (non-hydrogen) atoms. The summed E-state index contributed by atoms with van der Waals surface area (Å²) in [5.41, 5.74) is 4.72. The van der Waals surface area contributed by atoms with Crippen LogP contribution in [0.1, 0.15) is 17.3 Å². The highest BCUT2D eigenvalue weighted by Crippen LogP contribution is 2.04. The van der Waals surface area contributed by atoms with E-state index in [0.29, 0.717) is 6.54 Å². The van der Waals surface area contributed by atoms with E-state index in [2.05, 4.69) is 16.2 Å². The van der Waals surface area contributed by atoms with Crippen molar-refractivity contribution in [3.8, 4) is 0 Å². The second kappa shape index (κ2) is 6.02. The summed E-state index contributed by atoms with van der Waals surface area (Å²) in [6, 6.07) is 5.71. The van der Waals surface area contributed by atoms with Gasteiger partial charge < -0.3 is 5.32 Å². The quantitative estimate of drug-likeness (QED) is 0.533. The fourth-order valence-corrected chi connectivity index (χ4v) is 1.23. The van der Waals surface area contributed by atoms with E-state index < -0.39 is 11.7 Å². The molecule has 0 saturated heterocycles. The van der Waals surface area contributed by atoms with Crippen LogP contribution >= 0.6 is 12.2 Å². The van der Waals surface area contributed by atoms with Gasteiger partial charge in [-0.3, -0.25) is 15.6 Å². The van der Waals surface area contributed by atoms with Gasteiger partial charge in [-0.15, -0.1) is 0 Å². The molecule has 1 aromatic rings. The van der Waals surface area contributed by atoms with Crippen LogP contribution in [0.15, 0.2) is 24.3 Å². The predicted octanol–water partition coefficient (Wildman–Crippen LogP) is 0.954. The number of nitrogens with one attached hydrogen (secondary N) is 3. The van der Waals surface area contributed by atoms with Gasteiger partial charge in [-0.05, 0) is 31.3 Å². The van der Waals surface area contributed by atoms with Crippen LogP contribution < -0.4 is 16.2 Å². The largest absolute Gasteiger partial charge is 0.362 e. The van der Waals surface area contributed by atoms with Gasteiger partial charge in [-0.1, -0.05) is 12.1 Å². The molecule has 0 aliphatic rings. The third-order valence-corrected chi connectivity index (χ3v) is 1.99. The van der Waals surface area contributed by atoms with Crippen molar-refractivity contribution in [3.63, 3.8) is 0 Å². The van der Waals surface area contributed by atoms with Crippen LogP contribution in [0.5, 0.6) is 0 Å². The summed E-state index contributed by atoms with van der Waals surface area (Å²) in [6.07, 6.45) is 0. The topological polar surface area (TPSA) is 53.2 Å². The first-order chi connectivity index (χ1) is 7.65. The van der Waals surface area contributed by atoms with E-state index in [-0.39, 0.29) is 10.7 Å². The second-order valence-electron chi connectivity index (χ2n) is 2.92. The Morgan fingerprint density at radius 2 is 2.06 bits per heavy atom. The maximum Gasteiger partial charge on any atom is 0.272 e. The number of carbonyl (C=O) groups excluding carboxylic acids is 1. The monoisotopic (exact) mass is 241 g/mol. The summed E-state index contributed by atoms with van der Waals surface area (Å²) in [5, 5.41) is 3.06. The molecule has 0 aromatic heterocycles. The number of halogens is 1. The van der Waals surface area contributed by atoms with Crippen molar-refractivity contribution >= 4 is 23.2 Å². The molecule has 86 valence electrons. The molecular weight excluding hydrogens is 229 g/mol. The number of rotatable bonds is 2. The Balaban J connectivity index is 2.54. The Morgan fingerprint density at radius 3 is 2.69 bits per heavy atom. The van der Waals surface area contributed by atoms with E-state index in [1.165, 1.54) is 18.2 Å². The molecule has 0 heterocycles. The Hall–Kier alpha value is -1.69. The molecule has 0 bridgehead atoms. The zero-order valence-corrected chi connectivity index (χ0v) is 9.53. The number of hydrogen-bond donors (Lipinski definition) is 3. The van der Waals surface area contributed by atoms with E-state index in [1.807, 2.05) is 6.92 Å². The lowest BCUT2D eigenvalue weighted by Gasteiger charge is -2.10. The summed E-state index contributed by atoms with van der Waals surface area (Å²) in [5.74, 6) is -1.14. The van der Waals surface area contributed by atoms with Crippen LogP contribution in [0.3, 0.4) is 0 Å². The maximum atomic E-state index is 13.2. The molecule has 1 rings (SSSR count). The maximum absolute atomic E-state index is 13.2. The lowest BCUT2D eigenvalue weighted by molar-refractivity contribution is 0.0939. The zero-order chi connectivity index (χ0) is 12.0. The van der Waals surface area contributed by atoms with Crippen LogP contribution in [0, 0.1) is 5.82 Å². The minimum Gasteiger partial charge on any atom is -0.362 e. The number of carbonyl (C=O) groups is 1. The number of thiocarbonyl (C=S) groups is 1. The second-order valence-corrected chi connectivity index (χ2v) is 3.33. The molecule has 0 aliphatic carbocycles. The van der Waals surface area contributed by atoms with Crippen molar-refractivity contribution in [2.24, 2.45) is 0 Å². The summed E-state index contributed by atoms with van der Waals surface area (Å²) in [6.45, 7) is 2.51. The highest BCUT2D eigenvalue weighted by molar-refractivity contribution is 7.80. The summed E-state index contributed by atoms with van der Waals surface area (Å²) < 4.78 is 13.2. The lowest BCUT2D eigenvalue weighted by atomic mass is 10.2. The number of amides is 1. The van der Waals surface area contributed by atoms with E-state index in [0.717, 1.165) is 0 Å². The summed E-state index contributed by atoms with van der Waals surface area (Å²) >= 11 is 4.82. The van der Waals surface area contributed by atoms with Gasteiger partial charge >= 0.3 is 0 Å². The van der Waals surface area contributed by atoms with Crippen LogP contribution in [0.4, 0.5) is 4.39 Å². The highest BCUT2D eigenvalue weighted by atomic mass is 32.1. The molecule has 0 unspecified atom stereocenters. The highest BCUT2D eigenvalue weighted by Gasteiger charge is 2.09. The van der Waals surface area contributed by atoms with Gasteiger partial charge in [-0.25, -0.2) is 4.39 Å². The molecule has 0 saturated carbocycles. The average molecular weight is 241 g/mol. The van der Waals surface area contributed by atoms with Crippen LogP contribution in [0.25, 0.3) is 0 Å². The SMILES string of the molecule is CCNC(=S)NNC(=O)c1ccccc1F. The van der Waals surface area contributed by atoms with Crippen LogP contribution in [-0.4, -0.2) is 17.6 Å². The number of benzene rings is 1. The standard InChI is InChI=1S/C10H12FN3OS/c1-2-12-10(16)14-13-9(15)7-5-3-4-6-8(7)11/h3-6H,2H2,1H3,(H,13,15)(H2,12,14,16). The molecule has 0 fully saturated rings. The van der Waals surface area contributed by atoms with Crippen molar-refractivity contribution in [2.75, 3.05) is 6.54 Å². The molecule has 1 amide bonds. The minimum atomic E-state index is -0.573.